The van der Waals surface area contributed by atoms with E-state index in [9.17, 15) is 9.59 Å². The van der Waals surface area contributed by atoms with E-state index in [0.717, 1.165) is 31.6 Å². The minimum Gasteiger partial charge on any atom is -0.370 e. The van der Waals surface area contributed by atoms with E-state index in [0.29, 0.717) is 10.7 Å². The van der Waals surface area contributed by atoms with Crippen molar-refractivity contribution in [3.8, 4) is 0 Å². The van der Waals surface area contributed by atoms with Gasteiger partial charge in [-0.15, -0.1) is 24.8 Å². The highest BCUT2D eigenvalue weighted by molar-refractivity contribution is 6.31. The minimum atomic E-state index is -0.363. The van der Waals surface area contributed by atoms with Crippen molar-refractivity contribution in [2.24, 2.45) is 5.73 Å². The fourth-order valence-corrected chi connectivity index (χ4v) is 2.64. The van der Waals surface area contributed by atoms with Crippen LogP contribution in [0.25, 0.3) is 0 Å². The number of carbonyl (C=O) groups excluding carboxylic acids is 2. The van der Waals surface area contributed by atoms with Crippen molar-refractivity contribution in [2.45, 2.75) is 19.3 Å². The number of rotatable bonds is 5. The molecule has 136 valence electrons. The summed E-state index contributed by atoms with van der Waals surface area (Å²) < 4.78 is 0. The van der Waals surface area contributed by atoms with Crippen molar-refractivity contribution in [3.05, 3.63) is 23.2 Å². The maximum Gasteiger partial charge on any atom is 0.243 e. The predicted octanol–water partition coefficient (Wildman–Crippen LogP) is 2.19. The van der Waals surface area contributed by atoms with Gasteiger partial charge in [0.15, 0.2) is 0 Å². The minimum absolute atomic E-state index is 0. The van der Waals surface area contributed by atoms with Crippen LogP contribution in [0.4, 0.5) is 11.4 Å². The molecule has 0 saturated carbocycles. The topological polar surface area (TPSA) is 87.5 Å². The summed E-state index contributed by atoms with van der Waals surface area (Å²) in [7, 11) is 0. The van der Waals surface area contributed by atoms with Crippen LogP contribution in [0.5, 0.6) is 0 Å². The summed E-state index contributed by atoms with van der Waals surface area (Å²) in [6.45, 7) is 1.69. The smallest absolute Gasteiger partial charge is 0.243 e. The molecule has 2 rings (SSSR count). The largest absolute Gasteiger partial charge is 0.370 e. The summed E-state index contributed by atoms with van der Waals surface area (Å²) in [5, 5.41) is 5.81. The Morgan fingerprint density at radius 2 is 1.79 bits per heavy atom. The number of halogens is 3. The monoisotopic (exact) mass is 396 g/mol. The fourth-order valence-electron chi connectivity index (χ4n) is 2.46. The first-order valence-electron chi connectivity index (χ1n) is 7.41. The molecule has 1 heterocycles. The Kier molecular flexibility index (Phi) is 10.8. The number of hydrogen-bond donors (Lipinski definition) is 3. The van der Waals surface area contributed by atoms with Crippen molar-refractivity contribution in [2.75, 3.05) is 36.4 Å². The highest BCUT2D eigenvalue weighted by Gasteiger charge is 2.16. The van der Waals surface area contributed by atoms with Crippen molar-refractivity contribution in [3.63, 3.8) is 0 Å². The Labute approximate surface area is 159 Å². The number of nitrogens with one attached hydrogen (secondary N) is 2. The number of carbonyl (C=O) groups is 2. The second-order valence-corrected chi connectivity index (χ2v) is 5.67. The van der Waals surface area contributed by atoms with E-state index in [1.165, 1.54) is 6.42 Å². The SMILES string of the molecule is Cl.Cl.NCC(=O)NCC(=O)Nc1cc(Cl)ccc1N1CCCCC1. The number of nitrogens with two attached hydrogens (primary N) is 1. The molecule has 1 aromatic rings. The molecule has 0 aromatic heterocycles. The summed E-state index contributed by atoms with van der Waals surface area (Å²) in [5.74, 6) is -0.667. The third-order valence-corrected chi connectivity index (χ3v) is 3.80. The molecule has 1 saturated heterocycles. The zero-order chi connectivity index (χ0) is 15.9. The maximum atomic E-state index is 12.0. The molecule has 1 aliphatic rings. The maximum absolute atomic E-state index is 12.0. The van der Waals surface area contributed by atoms with Crippen LogP contribution in [0, 0.1) is 0 Å². The molecule has 4 N–H and O–H groups in total. The van der Waals surface area contributed by atoms with E-state index < -0.39 is 0 Å². The third kappa shape index (κ3) is 6.73. The van der Waals surface area contributed by atoms with Gasteiger partial charge in [0.2, 0.25) is 11.8 Å². The zero-order valence-electron chi connectivity index (χ0n) is 13.2. The van der Waals surface area contributed by atoms with E-state index in [1.54, 1.807) is 6.07 Å². The van der Waals surface area contributed by atoms with Gasteiger partial charge in [-0.2, -0.15) is 0 Å². The molecule has 0 atom stereocenters. The summed E-state index contributed by atoms with van der Waals surface area (Å²) in [5.41, 5.74) is 6.81. The normalized spacial score (nSPS) is 13.3. The Morgan fingerprint density at radius 3 is 2.42 bits per heavy atom. The van der Waals surface area contributed by atoms with Crippen LogP contribution in [0.15, 0.2) is 18.2 Å². The van der Waals surface area contributed by atoms with Gasteiger partial charge in [0.05, 0.1) is 24.5 Å². The first-order chi connectivity index (χ1) is 10.6. The van der Waals surface area contributed by atoms with Gasteiger partial charge in [0.1, 0.15) is 0 Å². The quantitative estimate of drug-likeness (QED) is 0.710. The van der Waals surface area contributed by atoms with Gasteiger partial charge >= 0.3 is 0 Å². The summed E-state index contributed by atoms with van der Waals surface area (Å²) in [6, 6.07) is 5.47. The van der Waals surface area contributed by atoms with Gasteiger partial charge < -0.3 is 21.3 Å². The molecule has 1 aromatic carbocycles. The fraction of sp³-hybridized carbons (Fsp3) is 0.467. The Bertz CT molecular complexity index is 552. The standard InChI is InChI=1S/C15H21ClN4O2.2ClH/c16-11-4-5-13(20-6-2-1-3-7-20)12(8-11)19-15(22)10-18-14(21)9-17;;/h4-5,8H,1-3,6-7,9-10,17H2,(H,18,21)(H,19,22);2*1H. The lowest BCUT2D eigenvalue weighted by Crippen LogP contribution is -2.37. The number of amides is 2. The van der Waals surface area contributed by atoms with Gasteiger partial charge in [0, 0.05) is 18.1 Å². The molecule has 24 heavy (non-hydrogen) atoms. The highest BCUT2D eigenvalue weighted by atomic mass is 35.5. The van der Waals surface area contributed by atoms with Crippen LogP contribution in [0.3, 0.4) is 0 Å². The van der Waals surface area contributed by atoms with E-state index in [-0.39, 0.29) is 49.7 Å². The second-order valence-electron chi connectivity index (χ2n) is 5.24. The lowest BCUT2D eigenvalue weighted by molar-refractivity contribution is -0.123. The van der Waals surface area contributed by atoms with Crippen molar-refractivity contribution < 1.29 is 9.59 Å². The molecule has 0 aliphatic carbocycles. The Morgan fingerprint density at radius 1 is 1.12 bits per heavy atom. The number of anilines is 2. The van der Waals surface area contributed by atoms with E-state index >= 15 is 0 Å². The van der Waals surface area contributed by atoms with Crippen molar-refractivity contribution in [1.29, 1.82) is 0 Å². The lowest BCUT2D eigenvalue weighted by atomic mass is 10.1. The number of benzene rings is 1. The first-order valence-corrected chi connectivity index (χ1v) is 7.79. The second kappa shape index (κ2) is 11.4. The van der Waals surface area contributed by atoms with Crippen molar-refractivity contribution >= 4 is 59.6 Å². The van der Waals surface area contributed by atoms with Gasteiger partial charge in [-0.05, 0) is 37.5 Å². The van der Waals surface area contributed by atoms with Crippen LogP contribution < -0.4 is 21.3 Å². The Balaban J connectivity index is 0.00000264. The van der Waals surface area contributed by atoms with Gasteiger partial charge in [-0.3, -0.25) is 9.59 Å². The van der Waals surface area contributed by atoms with Gasteiger partial charge in [0.25, 0.3) is 0 Å². The molecule has 0 bridgehead atoms. The lowest BCUT2D eigenvalue weighted by Gasteiger charge is -2.30. The average Bonchev–Trinajstić information content (AvgIpc) is 2.53. The van der Waals surface area contributed by atoms with Gasteiger partial charge in [-0.25, -0.2) is 0 Å². The molecule has 0 radical (unpaired) electrons. The summed E-state index contributed by atoms with van der Waals surface area (Å²) in [6.07, 6.45) is 3.52. The molecule has 0 unspecified atom stereocenters. The van der Waals surface area contributed by atoms with Gasteiger partial charge in [-0.1, -0.05) is 11.6 Å². The van der Waals surface area contributed by atoms with E-state index in [2.05, 4.69) is 15.5 Å². The molecule has 9 heteroatoms. The zero-order valence-corrected chi connectivity index (χ0v) is 15.6. The van der Waals surface area contributed by atoms with Crippen molar-refractivity contribution in [1.82, 2.24) is 5.32 Å². The number of nitrogens with zero attached hydrogens (tertiary/aromatic N) is 1. The van der Waals surface area contributed by atoms with Crippen LogP contribution >= 0.6 is 36.4 Å². The molecule has 1 aliphatic heterocycles. The first kappa shape index (κ1) is 22.8. The van der Waals surface area contributed by atoms with E-state index in [1.807, 2.05) is 12.1 Å². The van der Waals surface area contributed by atoms with Crippen LogP contribution in [0.2, 0.25) is 5.02 Å². The molecule has 6 nitrogen and oxygen atoms in total. The molecule has 2 amide bonds. The molecular formula is C15H23Cl3N4O2. The van der Waals surface area contributed by atoms with Crippen LogP contribution in [-0.2, 0) is 9.59 Å². The summed E-state index contributed by atoms with van der Waals surface area (Å²) in [4.78, 5) is 25.3. The van der Waals surface area contributed by atoms with E-state index in [4.69, 9.17) is 17.3 Å². The third-order valence-electron chi connectivity index (χ3n) is 3.56. The average molecular weight is 398 g/mol. The number of hydrogen-bond acceptors (Lipinski definition) is 4. The molecule has 1 fully saturated rings. The summed E-state index contributed by atoms with van der Waals surface area (Å²) >= 11 is 6.03. The molecular weight excluding hydrogens is 375 g/mol. The molecule has 0 spiro atoms. The highest BCUT2D eigenvalue weighted by Crippen LogP contribution is 2.31. The Hall–Kier alpha value is -1.21. The van der Waals surface area contributed by atoms with Crippen LogP contribution in [-0.4, -0.2) is 38.0 Å². The predicted molar refractivity (Wildman–Crippen MR) is 103 cm³/mol. The van der Waals surface area contributed by atoms with Crippen LogP contribution in [0.1, 0.15) is 19.3 Å². The number of piperidine rings is 1.